The van der Waals surface area contributed by atoms with E-state index in [4.69, 9.17) is 9.52 Å². The number of hydrogen-bond acceptors (Lipinski definition) is 4. The van der Waals surface area contributed by atoms with E-state index in [9.17, 15) is 14.7 Å². The van der Waals surface area contributed by atoms with Crippen LogP contribution in [0.5, 0.6) is 0 Å². The van der Waals surface area contributed by atoms with Gasteiger partial charge in [0, 0.05) is 13.0 Å². The van der Waals surface area contributed by atoms with Crippen molar-refractivity contribution in [1.29, 1.82) is 0 Å². The Morgan fingerprint density at radius 2 is 2.25 bits per heavy atom. The average molecular weight is 225 g/mol. The first kappa shape index (κ1) is 10.7. The molecule has 86 valence electrons. The van der Waals surface area contributed by atoms with Crippen molar-refractivity contribution in [3.8, 4) is 0 Å². The molecule has 1 aromatic rings. The number of hydrogen-bond donors (Lipinski definition) is 2. The third-order valence-electron chi connectivity index (χ3n) is 2.56. The van der Waals surface area contributed by atoms with Gasteiger partial charge in [-0.1, -0.05) is 0 Å². The third kappa shape index (κ3) is 1.79. The van der Waals surface area contributed by atoms with Gasteiger partial charge in [0.2, 0.25) is 0 Å². The fraction of sp³-hybridized carbons (Fsp3) is 0.400. The predicted octanol–water partition coefficient (Wildman–Crippen LogP) is -0.0604. The summed E-state index contributed by atoms with van der Waals surface area (Å²) in [5.74, 6) is -1.54. The normalized spacial score (nSPS) is 24.7. The smallest absolute Gasteiger partial charge is 0.326 e. The minimum atomic E-state index is -1.11. The molecule has 1 aliphatic rings. The number of aliphatic carboxylic acids is 1. The third-order valence-corrected chi connectivity index (χ3v) is 2.56. The standard InChI is InChI=1S/C10H11NO5/c12-6-4-7(10(14)15)11(5-6)9(13)8-2-1-3-16-8/h1-3,6-7,12H,4-5H2,(H,14,15)/t6-,7+/m1/s1. The lowest BCUT2D eigenvalue weighted by atomic mass is 10.2. The fourth-order valence-electron chi connectivity index (χ4n) is 1.81. The summed E-state index contributed by atoms with van der Waals surface area (Å²) in [6.45, 7) is 0.0243. The Bertz CT molecular complexity index is 399. The van der Waals surface area contributed by atoms with Crippen molar-refractivity contribution >= 4 is 11.9 Å². The van der Waals surface area contributed by atoms with Gasteiger partial charge < -0.3 is 19.5 Å². The molecule has 1 amide bonds. The zero-order valence-electron chi connectivity index (χ0n) is 8.37. The maximum absolute atomic E-state index is 11.8. The van der Waals surface area contributed by atoms with Crippen molar-refractivity contribution in [2.45, 2.75) is 18.6 Å². The number of aliphatic hydroxyl groups is 1. The van der Waals surface area contributed by atoms with Crippen LogP contribution in [-0.4, -0.2) is 45.7 Å². The molecule has 2 rings (SSSR count). The minimum absolute atomic E-state index is 0.0243. The van der Waals surface area contributed by atoms with Crippen molar-refractivity contribution in [2.75, 3.05) is 6.54 Å². The molecule has 0 radical (unpaired) electrons. The van der Waals surface area contributed by atoms with E-state index < -0.39 is 24.0 Å². The SMILES string of the molecule is O=C(O)[C@@H]1C[C@@H](O)CN1C(=O)c1ccco1. The molecule has 6 nitrogen and oxygen atoms in total. The molecule has 0 saturated carbocycles. The summed E-state index contributed by atoms with van der Waals surface area (Å²) < 4.78 is 4.91. The highest BCUT2D eigenvalue weighted by atomic mass is 16.4. The summed E-state index contributed by atoms with van der Waals surface area (Å²) in [5, 5.41) is 18.3. The highest BCUT2D eigenvalue weighted by Crippen LogP contribution is 2.20. The minimum Gasteiger partial charge on any atom is -0.480 e. The molecule has 0 aromatic carbocycles. The average Bonchev–Trinajstić information content (AvgIpc) is 2.84. The van der Waals surface area contributed by atoms with Gasteiger partial charge in [0.15, 0.2) is 5.76 Å². The molecule has 16 heavy (non-hydrogen) atoms. The first-order valence-corrected chi connectivity index (χ1v) is 4.85. The zero-order valence-corrected chi connectivity index (χ0v) is 8.37. The number of amides is 1. The highest BCUT2D eigenvalue weighted by Gasteiger charge is 2.39. The number of aliphatic hydroxyl groups excluding tert-OH is 1. The van der Waals surface area contributed by atoms with Crippen LogP contribution in [0, 0.1) is 0 Å². The summed E-state index contributed by atoms with van der Waals surface area (Å²) >= 11 is 0. The molecule has 0 unspecified atom stereocenters. The van der Waals surface area contributed by atoms with Gasteiger partial charge in [0.1, 0.15) is 6.04 Å². The molecule has 1 saturated heterocycles. The van der Waals surface area contributed by atoms with E-state index in [-0.39, 0.29) is 18.7 Å². The Morgan fingerprint density at radius 1 is 1.50 bits per heavy atom. The lowest BCUT2D eigenvalue weighted by Crippen LogP contribution is -2.40. The Hall–Kier alpha value is -1.82. The van der Waals surface area contributed by atoms with Gasteiger partial charge in [-0.15, -0.1) is 0 Å². The number of rotatable bonds is 2. The Labute approximate surface area is 91.1 Å². The maximum atomic E-state index is 11.8. The monoisotopic (exact) mass is 225 g/mol. The van der Waals surface area contributed by atoms with E-state index in [0.29, 0.717) is 0 Å². The quantitative estimate of drug-likeness (QED) is 0.735. The number of nitrogens with zero attached hydrogens (tertiary/aromatic N) is 1. The lowest BCUT2D eigenvalue weighted by Gasteiger charge is -2.19. The number of β-amino-alcohol motifs (C(OH)–C–C–N with tert-alkyl or cyclic N) is 1. The van der Waals surface area contributed by atoms with Crippen LogP contribution < -0.4 is 0 Å². The van der Waals surface area contributed by atoms with Gasteiger partial charge >= 0.3 is 5.97 Å². The lowest BCUT2D eigenvalue weighted by molar-refractivity contribution is -0.141. The summed E-state index contributed by atoms with van der Waals surface area (Å²) in [5.41, 5.74) is 0. The van der Waals surface area contributed by atoms with Gasteiger partial charge in [-0.2, -0.15) is 0 Å². The summed E-state index contributed by atoms with van der Waals surface area (Å²) in [6, 6.07) is 2.04. The number of carbonyl (C=O) groups is 2. The van der Waals surface area contributed by atoms with Gasteiger partial charge in [-0.25, -0.2) is 4.79 Å². The molecule has 0 aliphatic carbocycles. The van der Waals surface area contributed by atoms with Crippen molar-refractivity contribution in [3.05, 3.63) is 24.2 Å². The van der Waals surface area contributed by atoms with Crippen LogP contribution in [0.1, 0.15) is 17.0 Å². The fourth-order valence-corrected chi connectivity index (χ4v) is 1.81. The van der Waals surface area contributed by atoms with E-state index in [1.54, 1.807) is 6.07 Å². The second-order valence-electron chi connectivity index (χ2n) is 3.68. The molecule has 1 fully saturated rings. The van der Waals surface area contributed by atoms with Crippen molar-refractivity contribution < 1.29 is 24.2 Å². The summed E-state index contributed by atoms with van der Waals surface area (Å²) in [6.07, 6.45) is 0.608. The highest BCUT2D eigenvalue weighted by molar-refractivity contribution is 5.94. The number of carbonyl (C=O) groups excluding carboxylic acids is 1. The van der Waals surface area contributed by atoms with Crippen LogP contribution in [0.15, 0.2) is 22.8 Å². The zero-order chi connectivity index (χ0) is 11.7. The first-order chi connectivity index (χ1) is 7.59. The molecule has 2 atom stereocenters. The number of furan rings is 1. The summed E-state index contributed by atoms with van der Waals surface area (Å²) in [4.78, 5) is 23.8. The first-order valence-electron chi connectivity index (χ1n) is 4.85. The molecule has 2 N–H and O–H groups in total. The second kappa shape index (κ2) is 3.97. The van der Waals surface area contributed by atoms with E-state index in [1.165, 1.54) is 12.3 Å². The van der Waals surface area contributed by atoms with E-state index >= 15 is 0 Å². The van der Waals surface area contributed by atoms with Crippen LogP contribution in [0.4, 0.5) is 0 Å². The van der Waals surface area contributed by atoms with Gasteiger partial charge in [0.05, 0.1) is 12.4 Å². The van der Waals surface area contributed by atoms with Crippen LogP contribution >= 0.6 is 0 Å². The van der Waals surface area contributed by atoms with Crippen LogP contribution in [-0.2, 0) is 4.79 Å². The molecule has 1 aromatic heterocycles. The predicted molar refractivity (Wildman–Crippen MR) is 51.8 cm³/mol. The van der Waals surface area contributed by atoms with E-state index in [1.807, 2.05) is 0 Å². The molecule has 2 heterocycles. The van der Waals surface area contributed by atoms with Gasteiger partial charge in [-0.3, -0.25) is 4.79 Å². The number of carboxylic acids is 1. The second-order valence-corrected chi connectivity index (χ2v) is 3.68. The van der Waals surface area contributed by atoms with Crippen molar-refractivity contribution in [1.82, 2.24) is 4.90 Å². The van der Waals surface area contributed by atoms with Crippen LogP contribution in [0.25, 0.3) is 0 Å². The van der Waals surface area contributed by atoms with E-state index in [2.05, 4.69) is 0 Å². The molecular weight excluding hydrogens is 214 g/mol. The summed E-state index contributed by atoms with van der Waals surface area (Å²) in [7, 11) is 0. The maximum Gasteiger partial charge on any atom is 0.326 e. The number of likely N-dealkylation sites (tertiary alicyclic amines) is 1. The molecular formula is C10H11NO5. The topological polar surface area (TPSA) is 91.0 Å². The molecule has 0 bridgehead atoms. The van der Waals surface area contributed by atoms with Crippen molar-refractivity contribution in [3.63, 3.8) is 0 Å². The van der Waals surface area contributed by atoms with Crippen LogP contribution in [0.2, 0.25) is 0 Å². The Kier molecular flexibility index (Phi) is 2.66. The molecule has 0 spiro atoms. The van der Waals surface area contributed by atoms with Crippen molar-refractivity contribution in [2.24, 2.45) is 0 Å². The molecule has 6 heteroatoms. The Balaban J connectivity index is 2.20. The van der Waals surface area contributed by atoms with Gasteiger partial charge in [-0.05, 0) is 12.1 Å². The van der Waals surface area contributed by atoms with E-state index in [0.717, 1.165) is 4.90 Å². The van der Waals surface area contributed by atoms with Crippen LogP contribution in [0.3, 0.4) is 0 Å². The molecule has 1 aliphatic heterocycles. The number of carboxylic acid groups (broad SMARTS) is 1. The van der Waals surface area contributed by atoms with Gasteiger partial charge in [0.25, 0.3) is 5.91 Å². The largest absolute Gasteiger partial charge is 0.480 e. The Morgan fingerprint density at radius 3 is 2.81 bits per heavy atom.